The Morgan fingerprint density at radius 1 is 1.27 bits per heavy atom. The van der Waals surface area contributed by atoms with Crippen molar-refractivity contribution in [1.29, 1.82) is 0 Å². The molecule has 8 nitrogen and oxygen atoms in total. The molecule has 1 saturated carbocycles. The Bertz CT molecular complexity index is 903. The quantitative estimate of drug-likeness (QED) is 0.348. The molecule has 0 spiro atoms. The van der Waals surface area contributed by atoms with E-state index in [1.54, 1.807) is 12.3 Å². The number of nitrogens with zero attached hydrogens (tertiary/aromatic N) is 3. The van der Waals surface area contributed by atoms with E-state index in [-0.39, 0.29) is 35.4 Å². The summed E-state index contributed by atoms with van der Waals surface area (Å²) in [6, 6.07) is 0.915. The van der Waals surface area contributed by atoms with E-state index in [1.165, 1.54) is 12.5 Å². The van der Waals surface area contributed by atoms with E-state index >= 15 is 4.39 Å². The zero-order valence-electron chi connectivity index (χ0n) is 20.2. The van der Waals surface area contributed by atoms with Crippen LogP contribution in [-0.4, -0.2) is 64.3 Å². The van der Waals surface area contributed by atoms with Gasteiger partial charge >= 0.3 is 0 Å². The van der Waals surface area contributed by atoms with Crippen molar-refractivity contribution in [3.63, 3.8) is 0 Å². The third-order valence-corrected chi connectivity index (χ3v) is 13.1. The van der Waals surface area contributed by atoms with Crippen LogP contribution in [0.3, 0.4) is 0 Å². The highest BCUT2D eigenvalue weighted by Gasteiger charge is 2.53. The van der Waals surface area contributed by atoms with Crippen LogP contribution < -0.4 is 5.32 Å². The molecule has 3 rings (SSSR count). The number of hydrogen-bond acceptors (Lipinski definition) is 7. The molecule has 0 radical (unpaired) electrons. The molecular weight excluding hydrogens is 441 g/mol. The highest BCUT2D eigenvalue weighted by Crippen LogP contribution is 2.46. The lowest BCUT2D eigenvalue weighted by molar-refractivity contribution is 0.0496. The standard InChI is InChI=1S/C23H36FN5O3Si/c1-13(2)33(14(3)4,15(5)6)32-22-16(11-30)9-19(20(22)24)28-23-17(10-25-12-26-23)21(31)18-7-8-27-29-18/h7-8,10,12-16,19-20,22,30H,9,11H2,1-6H3,(H,27,29)(H,25,26,28)/t16-,19-,20-,22-/m1/s1. The first-order valence-corrected chi connectivity index (χ1v) is 13.8. The summed E-state index contributed by atoms with van der Waals surface area (Å²) in [5, 5.41) is 19.7. The maximum atomic E-state index is 15.9. The third-order valence-electron chi connectivity index (χ3n) is 7.01. The summed E-state index contributed by atoms with van der Waals surface area (Å²) in [6.45, 7) is 12.8. The van der Waals surface area contributed by atoms with Gasteiger partial charge in [0.2, 0.25) is 14.1 Å². The van der Waals surface area contributed by atoms with Gasteiger partial charge in [-0.3, -0.25) is 9.89 Å². The molecule has 2 heterocycles. The van der Waals surface area contributed by atoms with Crippen LogP contribution in [0.4, 0.5) is 10.2 Å². The normalized spacial score (nSPS) is 23.6. The summed E-state index contributed by atoms with van der Waals surface area (Å²) in [5.74, 6) is -0.443. The Hall–Kier alpha value is -2.17. The molecule has 2 aromatic rings. The molecule has 0 aromatic carbocycles. The molecule has 1 fully saturated rings. The number of aliphatic hydroxyl groups is 1. The molecular formula is C23H36FN5O3Si. The largest absolute Gasteiger partial charge is 0.410 e. The van der Waals surface area contributed by atoms with Gasteiger partial charge < -0.3 is 14.8 Å². The number of ketones is 1. The van der Waals surface area contributed by atoms with Crippen molar-refractivity contribution in [2.75, 3.05) is 11.9 Å². The van der Waals surface area contributed by atoms with E-state index in [1.807, 2.05) is 0 Å². The first kappa shape index (κ1) is 25.4. The van der Waals surface area contributed by atoms with Gasteiger partial charge in [0.25, 0.3) is 0 Å². The minimum Gasteiger partial charge on any atom is -0.410 e. The molecule has 1 aliphatic carbocycles. The van der Waals surface area contributed by atoms with Crippen LogP contribution in [0.2, 0.25) is 16.6 Å². The smallest absolute Gasteiger partial charge is 0.218 e. The number of carbonyl (C=O) groups is 1. The molecule has 33 heavy (non-hydrogen) atoms. The van der Waals surface area contributed by atoms with E-state index in [0.717, 1.165) is 0 Å². The van der Waals surface area contributed by atoms with Gasteiger partial charge in [0.05, 0.1) is 17.7 Å². The fourth-order valence-electron chi connectivity index (χ4n) is 5.51. The number of rotatable bonds is 10. The van der Waals surface area contributed by atoms with Gasteiger partial charge in [-0.1, -0.05) is 41.5 Å². The summed E-state index contributed by atoms with van der Waals surface area (Å²) < 4.78 is 22.6. The number of anilines is 1. The van der Waals surface area contributed by atoms with Gasteiger partial charge in [-0.15, -0.1) is 0 Å². The SMILES string of the molecule is CC(C)[Si](O[C@@H]1[C@@H](CO)C[C@@H](Nc2ncncc2C(=O)c2cc[nH]n2)[C@H]1F)(C(C)C)C(C)C. The van der Waals surface area contributed by atoms with Crippen molar-refractivity contribution < 1.29 is 18.7 Å². The second kappa shape index (κ2) is 10.4. The van der Waals surface area contributed by atoms with E-state index in [2.05, 4.69) is 67.0 Å². The van der Waals surface area contributed by atoms with Crippen LogP contribution in [0.5, 0.6) is 0 Å². The number of aromatic nitrogens is 4. The van der Waals surface area contributed by atoms with Gasteiger partial charge in [-0.05, 0) is 29.1 Å². The highest BCUT2D eigenvalue weighted by molar-refractivity contribution is 6.77. The molecule has 0 bridgehead atoms. The molecule has 0 saturated heterocycles. The predicted molar refractivity (Wildman–Crippen MR) is 127 cm³/mol. The summed E-state index contributed by atoms with van der Waals surface area (Å²) in [6.07, 6.45) is 2.59. The van der Waals surface area contributed by atoms with E-state index in [9.17, 15) is 9.90 Å². The molecule has 182 valence electrons. The number of H-pyrrole nitrogens is 1. The zero-order chi connectivity index (χ0) is 24.3. The molecule has 0 aliphatic heterocycles. The highest BCUT2D eigenvalue weighted by atomic mass is 28.4. The second-order valence-corrected chi connectivity index (χ2v) is 15.3. The van der Waals surface area contributed by atoms with Crippen molar-refractivity contribution in [2.45, 2.75) is 82.9 Å². The van der Waals surface area contributed by atoms with Gasteiger partial charge in [-0.2, -0.15) is 5.10 Å². The average molecular weight is 478 g/mol. The fraction of sp³-hybridized carbons (Fsp3) is 0.652. The molecule has 3 N–H and O–H groups in total. The molecule has 2 aromatic heterocycles. The van der Waals surface area contributed by atoms with E-state index in [4.69, 9.17) is 4.43 Å². The number of aromatic amines is 1. The minimum atomic E-state index is -2.35. The van der Waals surface area contributed by atoms with Crippen LogP contribution in [0.25, 0.3) is 0 Å². The number of alkyl halides is 1. The lowest BCUT2D eigenvalue weighted by atomic mass is 10.1. The Labute approximate surface area is 195 Å². The summed E-state index contributed by atoms with van der Waals surface area (Å²) >= 11 is 0. The summed E-state index contributed by atoms with van der Waals surface area (Å²) in [4.78, 5) is 21.0. The Kier molecular flexibility index (Phi) is 8.02. The van der Waals surface area contributed by atoms with Crippen molar-refractivity contribution in [2.24, 2.45) is 5.92 Å². The van der Waals surface area contributed by atoms with Gasteiger partial charge in [-0.25, -0.2) is 14.4 Å². The third kappa shape index (κ3) is 4.88. The topological polar surface area (TPSA) is 113 Å². The summed E-state index contributed by atoms with van der Waals surface area (Å²) in [7, 11) is -2.35. The number of carbonyl (C=O) groups excluding carboxylic acids is 1. The molecule has 0 amide bonds. The lowest BCUT2D eigenvalue weighted by Gasteiger charge is -2.45. The predicted octanol–water partition coefficient (Wildman–Crippen LogP) is 4.12. The first-order chi connectivity index (χ1) is 15.6. The van der Waals surface area contributed by atoms with Crippen LogP contribution in [0, 0.1) is 5.92 Å². The number of nitrogens with one attached hydrogen (secondary N) is 2. The average Bonchev–Trinajstić information content (AvgIpc) is 3.40. The lowest BCUT2D eigenvalue weighted by Crippen LogP contribution is -2.53. The van der Waals surface area contributed by atoms with Crippen LogP contribution in [0.15, 0.2) is 24.8 Å². The first-order valence-electron chi connectivity index (χ1n) is 11.7. The summed E-state index contributed by atoms with van der Waals surface area (Å²) in [5.41, 5.74) is 1.35. The van der Waals surface area contributed by atoms with Crippen LogP contribution >= 0.6 is 0 Å². The van der Waals surface area contributed by atoms with Crippen molar-refractivity contribution in [3.05, 3.63) is 36.0 Å². The molecule has 1 aliphatic rings. The Morgan fingerprint density at radius 3 is 2.48 bits per heavy atom. The molecule has 10 heteroatoms. The second-order valence-electron chi connectivity index (χ2n) is 9.85. The molecule has 4 atom stereocenters. The number of hydrogen-bond donors (Lipinski definition) is 3. The fourth-order valence-corrected chi connectivity index (χ4v) is 11.1. The van der Waals surface area contributed by atoms with E-state index in [0.29, 0.717) is 23.0 Å². The van der Waals surface area contributed by atoms with Crippen LogP contribution in [-0.2, 0) is 4.43 Å². The van der Waals surface area contributed by atoms with Crippen molar-refractivity contribution in [3.8, 4) is 0 Å². The number of halogens is 1. The van der Waals surface area contributed by atoms with Crippen LogP contribution in [0.1, 0.15) is 64.0 Å². The van der Waals surface area contributed by atoms with E-state index < -0.39 is 26.6 Å². The minimum absolute atomic E-state index is 0.162. The van der Waals surface area contributed by atoms with Crippen molar-refractivity contribution >= 4 is 19.9 Å². The van der Waals surface area contributed by atoms with Gasteiger partial charge in [0.15, 0.2) is 0 Å². The maximum Gasteiger partial charge on any atom is 0.218 e. The zero-order valence-corrected chi connectivity index (χ0v) is 21.2. The Balaban J connectivity index is 1.86. The van der Waals surface area contributed by atoms with Crippen molar-refractivity contribution in [1.82, 2.24) is 20.2 Å². The van der Waals surface area contributed by atoms with Gasteiger partial charge in [0, 0.05) is 24.9 Å². The Morgan fingerprint density at radius 2 is 1.94 bits per heavy atom. The van der Waals surface area contributed by atoms with Gasteiger partial charge in [0.1, 0.15) is 24.0 Å². The number of aliphatic hydroxyl groups excluding tert-OH is 1. The molecule has 0 unspecified atom stereocenters. The monoisotopic (exact) mass is 477 g/mol. The maximum absolute atomic E-state index is 15.9.